The van der Waals surface area contributed by atoms with Gasteiger partial charge in [-0.2, -0.15) is 5.10 Å². The third kappa shape index (κ3) is 8.59. The van der Waals surface area contributed by atoms with Crippen molar-refractivity contribution in [3.8, 4) is 17.2 Å². The second-order valence-electron chi connectivity index (χ2n) is 8.13. The highest BCUT2D eigenvalue weighted by Gasteiger charge is 2.12. The molecule has 0 amide bonds. The number of fused-ring (bicyclic) bond motifs is 1. The van der Waals surface area contributed by atoms with Crippen LogP contribution in [0, 0.1) is 6.92 Å². The van der Waals surface area contributed by atoms with Crippen LogP contribution in [0.15, 0.2) is 59.1 Å². The number of hydrogen-bond acceptors (Lipinski definition) is 5. The van der Waals surface area contributed by atoms with Crippen LogP contribution in [0.5, 0.6) is 5.75 Å². The first-order valence-electron chi connectivity index (χ1n) is 12.2. The number of benzene rings is 2. The fraction of sp³-hybridized carbons (Fsp3) is 0.393. The summed E-state index contributed by atoms with van der Waals surface area (Å²) in [6.07, 6.45) is 4.88. The van der Waals surface area contributed by atoms with E-state index in [4.69, 9.17) is 14.3 Å². The molecule has 7 heteroatoms. The molecule has 0 aliphatic carbocycles. The van der Waals surface area contributed by atoms with Gasteiger partial charge in [-0.05, 0) is 31.2 Å². The first kappa shape index (κ1) is 27.6. The van der Waals surface area contributed by atoms with Gasteiger partial charge in [0.2, 0.25) is 5.89 Å². The molecule has 1 N–H and O–H groups in total. The van der Waals surface area contributed by atoms with Crippen LogP contribution < -0.4 is 4.74 Å². The highest BCUT2D eigenvalue weighted by molar-refractivity contribution is 5.80. The van der Waals surface area contributed by atoms with Crippen molar-refractivity contribution >= 4 is 16.9 Å². The van der Waals surface area contributed by atoms with Gasteiger partial charge in [0, 0.05) is 23.4 Å². The van der Waals surface area contributed by atoms with Crippen LogP contribution in [0.3, 0.4) is 0 Å². The largest absolute Gasteiger partial charge is 0.493 e. The van der Waals surface area contributed by atoms with Gasteiger partial charge in [-0.3, -0.25) is 9.48 Å². The van der Waals surface area contributed by atoms with Gasteiger partial charge in [0.25, 0.3) is 0 Å². The molecule has 188 valence electrons. The number of hydrogen-bond donors (Lipinski definition) is 1. The summed E-state index contributed by atoms with van der Waals surface area (Å²) in [5, 5.41) is 14.1. The smallest absolute Gasteiger partial charge is 0.305 e. The third-order valence-electron chi connectivity index (χ3n) is 4.67. The molecule has 4 rings (SSSR count). The van der Waals surface area contributed by atoms with Crippen LogP contribution in [0.25, 0.3) is 22.4 Å². The molecule has 0 unspecified atom stereocenters. The molecule has 0 saturated carbocycles. The number of carbonyl (C=O) groups is 1. The zero-order chi connectivity index (χ0) is 25.6. The van der Waals surface area contributed by atoms with Crippen molar-refractivity contribution in [2.24, 2.45) is 0 Å². The number of aliphatic carboxylic acids is 1. The SMILES string of the molecule is CCC.CCC.Cc1oc(-c2ccccc2)nc1CCOc1ccc2cnn(CCC(=O)O)c2c1. The third-order valence-corrected chi connectivity index (χ3v) is 4.67. The van der Waals surface area contributed by atoms with Crippen LogP contribution in [0.4, 0.5) is 0 Å². The van der Waals surface area contributed by atoms with E-state index in [0.29, 0.717) is 31.2 Å². The zero-order valence-electron chi connectivity index (χ0n) is 21.5. The fourth-order valence-electron chi connectivity index (χ4n) is 3.15. The van der Waals surface area contributed by atoms with Crippen LogP contribution in [-0.4, -0.2) is 32.4 Å². The summed E-state index contributed by atoms with van der Waals surface area (Å²) >= 11 is 0. The Kier molecular flexibility index (Phi) is 11.5. The Morgan fingerprint density at radius 2 is 1.74 bits per heavy atom. The molecule has 2 heterocycles. The Morgan fingerprint density at radius 3 is 2.40 bits per heavy atom. The molecule has 0 spiro atoms. The normalized spacial score (nSPS) is 10.2. The molecule has 0 fully saturated rings. The molecule has 4 aromatic rings. The van der Waals surface area contributed by atoms with Gasteiger partial charge < -0.3 is 14.3 Å². The maximum absolute atomic E-state index is 10.8. The molecule has 0 aliphatic rings. The highest BCUT2D eigenvalue weighted by Crippen LogP contribution is 2.23. The van der Waals surface area contributed by atoms with Gasteiger partial charge >= 0.3 is 5.97 Å². The maximum atomic E-state index is 10.8. The van der Waals surface area contributed by atoms with Crippen molar-refractivity contribution in [1.29, 1.82) is 0 Å². The predicted molar refractivity (Wildman–Crippen MR) is 140 cm³/mol. The molecule has 0 saturated heterocycles. The van der Waals surface area contributed by atoms with Crippen LogP contribution in [0.2, 0.25) is 0 Å². The lowest BCUT2D eigenvalue weighted by atomic mass is 10.2. The van der Waals surface area contributed by atoms with Gasteiger partial charge in [-0.15, -0.1) is 0 Å². The Bertz CT molecular complexity index is 1160. The number of ether oxygens (including phenoxy) is 1. The van der Waals surface area contributed by atoms with Gasteiger partial charge in [0.05, 0.1) is 37.0 Å². The Hall–Kier alpha value is -3.61. The van der Waals surface area contributed by atoms with Gasteiger partial charge in [0.1, 0.15) is 11.5 Å². The number of rotatable bonds is 8. The number of carboxylic acid groups (broad SMARTS) is 1. The average Bonchev–Trinajstić information content (AvgIpc) is 3.42. The molecule has 2 aromatic heterocycles. The lowest BCUT2D eigenvalue weighted by Crippen LogP contribution is -2.06. The molecule has 0 bridgehead atoms. The molecule has 2 aromatic carbocycles. The zero-order valence-corrected chi connectivity index (χ0v) is 21.5. The van der Waals surface area contributed by atoms with Crippen LogP contribution >= 0.6 is 0 Å². The topological polar surface area (TPSA) is 90.4 Å². The number of aromatic nitrogens is 3. The average molecular weight is 480 g/mol. The second kappa shape index (κ2) is 14.6. The quantitative estimate of drug-likeness (QED) is 0.295. The van der Waals surface area contributed by atoms with Crippen molar-refractivity contribution in [3.63, 3.8) is 0 Å². The first-order valence-corrected chi connectivity index (χ1v) is 12.2. The van der Waals surface area contributed by atoms with E-state index in [-0.39, 0.29) is 6.42 Å². The molecule has 7 nitrogen and oxygen atoms in total. The van der Waals surface area contributed by atoms with E-state index in [0.717, 1.165) is 27.9 Å². The van der Waals surface area contributed by atoms with E-state index in [9.17, 15) is 4.79 Å². The second-order valence-corrected chi connectivity index (χ2v) is 8.13. The predicted octanol–water partition coefficient (Wildman–Crippen LogP) is 6.93. The van der Waals surface area contributed by atoms with E-state index in [2.05, 4.69) is 37.8 Å². The van der Waals surface area contributed by atoms with Crippen molar-refractivity contribution in [1.82, 2.24) is 14.8 Å². The Balaban J connectivity index is 0.000000655. The number of nitrogens with zero attached hydrogens (tertiary/aromatic N) is 3. The molecule has 35 heavy (non-hydrogen) atoms. The summed E-state index contributed by atoms with van der Waals surface area (Å²) in [5.74, 6) is 1.26. The summed E-state index contributed by atoms with van der Waals surface area (Å²) < 4.78 is 13.4. The molecule has 0 aliphatic heterocycles. The first-order chi connectivity index (χ1) is 16.9. The molecule has 0 radical (unpaired) electrons. The Morgan fingerprint density at radius 1 is 1.06 bits per heavy atom. The molecule has 0 atom stereocenters. The number of oxazole rings is 1. The van der Waals surface area contributed by atoms with Crippen molar-refractivity contribution < 1.29 is 19.1 Å². The van der Waals surface area contributed by atoms with Crippen molar-refractivity contribution in [2.75, 3.05) is 6.61 Å². The molecular formula is C28H37N3O4. The number of carboxylic acids is 1. The summed E-state index contributed by atoms with van der Waals surface area (Å²) in [4.78, 5) is 15.4. The lowest BCUT2D eigenvalue weighted by molar-refractivity contribution is -0.137. The maximum Gasteiger partial charge on any atom is 0.305 e. The Labute approximate surface area is 207 Å². The van der Waals surface area contributed by atoms with E-state index in [1.54, 1.807) is 10.9 Å². The summed E-state index contributed by atoms with van der Waals surface area (Å²) in [6.45, 7) is 11.2. The number of aryl methyl sites for hydroxylation is 2. The van der Waals surface area contributed by atoms with Crippen LogP contribution in [0.1, 0.15) is 58.4 Å². The summed E-state index contributed by atoms with van der Waals surface area (Å²) in [5.41, 5.74) is 2.67. The van der Waals surface area contributed by atoms with Gasteiger partial charge in [-0.25, -0.2) is 4.98 Å². The monoisotopic (exact) mass is 479 g/mol. The van der Waals surface area contributed by atoms with Gasteiger partial charge in [-0.1, -0.05) is 58.7 Å². The van der Waals surface area contributed by atoms with Gasteiger partial charge in [0.15, 0.2) is 0 Å². The summed E-state index contributed by atoms with van der Waals surface area (Å²) in [6, 6.07) is 15.5. The van der Waals surface area contributed by atoms with Crippen molar-refractivity contribution in [3.05, 3.63) is 66.2 Å². The minimum Gasteiger partial charge on any atom is -0.493 e. The van der Waals surface area contributed by atoms with E-state index < -0.39 is 5.97 Å². The highest BCUT2D eigenvalue weighted by atomic mass is 16.5. The standard InChI is InChI=1S/C22H21N3O4.2C3H8/c1-15-19(24-22(29-15)16-5-3-2-4-6-16)10-12-28-18-8-7-17-14-23-25(20(17)13-18)11-9-21(26)27;2*1-3-2/h2-8,13-14H,9-12H2,1H3,(H,26,27);2*3H2,1-2H3. The van der Waals surface area contributed by atoms with Crippen molar-refractivity contribution in [2.45, 2.75) is 66.8 Å². The molecular weight excluding hydrogens is 442 g/mol. The summed E-state index contributed by atoms with van der Waals surface area (Å²) in [7, 11) is 0. The minimum atomic E-state index is -0.848. The van der Waals surface area contributed by atoms with E-state index >= 15 is 0 Å². The van der Waals surface area contributed by atoms with Crippen LogP contribution in [-0.2, 0) is 17.8 Å². The fourth-order valence-corrected chi connectivity index (χ4v) is 3.15. The lowest BCUT2D eigenvalue weighted by Gasteiger charge is -2.07. The minimum absolute atomic E-state index is 0.0248. The van der Waals surface area contributed by atoms with E-state index in [1.165, 1.54) is 12.8 Å². The van der Waals surface area contributed by atoms with E-state index in [1.807, 2.05) is 55.5 Å².